The molecule has 0 saturated carbocycles. The first-order valence-corrected chi connectivity index (χ1v) is 5.80. The molecule has 0 spiro atoms. The average molecular weight is 241 g/mol. The summed E-state index contributed by atoms with van der Waals surface area (Å²) in [6, 6.07) is 3.87. The molecule has 0 N–H and O–H groups in total. The summed E-state index contributed by atoms with van der Waals surface area (Å²) in [6.07, 6.45) is 0. The molecule has 1 aromatic carbocycles. The van der Waals surface area contributed by atoms with Crippen LogP contribution in [0.4, 0.5) is 0 Å². The van der Waals surface area contributed by atoms with E-state index in [2.05, 4.69) is 0 Å². The van der Waals surface area contributed by atoms with E-state index in [4.69, 9.17) is 16.3 Å². The van der Waals surface area contributed by atoms with Crippen molar-refractivity contribution in [2.45, 2.75) is 33.1 Å². The van der Waals surface area contributed by atoms with Crippen LogP contribution in [0.15, 0.2) is 12.1 Å². The number of carbonyl (C=O) groups is 1. The molecule has 1 rings (SSSR count). The third-order valence-electron chi connectivity index (χ3n) is 2.87. The Bertz CT molecular complexity index is 399. The monoisotopic (exact) mass is 240 g/mol. The van der Waals surface area contributed by atoms with E-state index in [1.54, 1.807) is 6.92 Å². The molecule has 0 aromatic heterocycles. The van der Waals surface area contributed by atoms with Crippen LogP contribution in [0, 0.1) is 20.8 Å². The fraction of sp³-hybridized carbons (Fsp3) is 0.462. The van der Waals surface area contributed by atoms with Crippen molar-refractivity contribution in [2.24, 2.45) is 0 Å². The first-order chi connectivity index (χ1) is 7.49. The quantitative estimate of drug-likeness (QED) is 0.598. The van der Waals surface area contributed by atoms with Gasteiger partial charge in [0.15, 0.2) is 5.38 Å². The van der Waals surface area contributed by atoms with Crippen LogP contribution in [0.1, 0.15) is 34.6 Å². The topological polar surface area (TPSA) is 26.3 Å². The maximum Gasteiger partial charge on any atom is 0.328 e. The van der Waals surface area contributed by atoms with Crippen molar-refractivity contribution in [3.8, 4) is 0 Å². The fourth-order valence-electron chi connectivity index (χ4n) is 1.59. The van der Waals surface area contributed by atoms with Crippen LogP contribution in [0.25, 0.3) is 0 Å². The molecular formula is C13H17ClO2. The maximum atomic E-state index is 11.5. The van der Waals surface area contributed by atoms with E-state index in [1.165, 1.54) is 11.1 Å². The molecule has 0 heterocycles. The Balaban J connectivity index is 3.05. The van der Waals surface area contributed by atoms with Gasteiger partial charge in [-0.05, 0) is 49.9 Å². The number of alkyl halides is 1. The summed E-state index contributed by atoms with van der Waals surface area (Å²) in [4.78, 5) is 11.5. The molecule has 3 heteroatoms. The van der Waals surface area contributed by atoms with Gasteiger partial charge in [-0.2, -0.15) is 0 Å². The molecule has 88 valence electrons. The van der Waals surface area contributed by atoms with Crippen LogP contribution < -0.4 is 0 Å². The molecule has 0 aliphatic carbocycles. The SMILES string of the molecule is CCOC(=O)C(Cl)c1ccc(C)c(C)c1C. The lowest BCUT2D eigenvalue weighted by atomic mass is 9.97. The Hall–Kier alpha value is -1.02. The lowest BCUT2D eigenvalue weighted by Gasteiger charge is -2.14. The zero-order chi connectivity index (χ0) is 12.3. The highest BCUT2D eigenvalue weighted by Gasteiger charge is 2.21. The number of carbonyl (C=O) groups excluding carboxylic acids is 1. The van der Waals surface area contributed by atoms with Crippen LogP contribution in [-0.2, 0) is 9.53 Å². The molecule has 0 radical (unpaired) electrons. The number of esters is 1. The molecular weight excluding hydrogens is 224 g/mol. The summed E-state index contributed by atoms with van der Waals surface area (Å²) in [5, 5.41) is -0.709. The van der Waals surface area contributed by atoms with Crippen molar-refractivity contribution >= 4 is 17.6 Å². The molecule has 0 aliphatic rings. The summed E-state index contributed by atoms with van der Waals surface area (Å²) >= 11 is 6.09. The van der Waals surface area contributed by atoms with Gasteiger partial charge in [-0.1, -0.05) is 12.1 Å². The van der Waals surface area contributed by atoms with Crippen LogP contribution in [0.5, 0.6) is 0 Å². The van der Waals surface area contributed by atoms with E-state index >= 15 is 0 Å². The number of benzene rings is 1. The van der Waals surface area contributed by atoms with Crippen LogP contribution in [-0.4, -0.2) is 12.6 Å². The van der Waals surface area contributed by atoms with E-state index in [0.29, 0.717) is 6.61 Å². The number of hydrogen-bond acceptors (Lipinski definition) is 2. The van der Waals surface area contributed by atoms with Crippen LogP contribution in [0.3, 0.4) is 0 Å². The second kappa shape index (κ2) is 5.35. The van der Waals surface area contributed by atoms with Crippen LogP contribution in [0.2, 0.25) is 0 Å². The van der Waals surface area contributed by atoms with Gasteiger partial charge in [0.25, 0.3) is 0 Å². The Morgan fingerprint density at radius 1 is 1.31 bits per heavy atom. The minimum atomic E-state index is -0.709. The van der Waals surface area contributed by atoms with Gasteiger partial charge in [-0.15, -0.1) is 11.6 Å². The highest BCUT2D eigenvalue weighted by atomic mass is 35.5. The molecule has 0 saturated heterocycles. The fourth-order valence-corrected chi connectivity index (χ4v) is 1.89. The van der Waals surface area contributed by atoms with Gasteiger partial charge in [0.05, 0.1) is 6.61 Å². The molecule has 2 nitrogen and oxygen atoms in total. The molecule has 1 atom stereocenters. The van der Waals surface area contributed by atoms with E-state index < -0.39 is 5.38 Å². The summed E-state index contributed by atoms with van der Waals surface area (Å²) in [6.45, 7) is 8.18. The number of hydrogen-bond donors (Lipinski definition) is 0. The molecule has 16 heavy (non-hydrogen) atoms. The van der Waals surface area contributed by atoms with E-state index in [0.717, 1.165) is 11.1 Å². The predicted molar refractivity (Wildman–Crippen MR) is 65.9 cm³/mol. The Morgan fingerprint density at radius 2 is 1.94 bits per heavy atom. The highest BCUT2D eigenvalue weighted by Crippen LogP contribution is 2.28. The largest absolute Gasteiger partial charge is 0.465 e. The normalized spacial score (nSPS) is 12.3. The van der Waals surface area contributed by atoms with E-state index in [1.807, 2.05) is 32.9 Å². The third-order valence-corrected chi connectivity index (χ3v) is 3.28. The smallest absolute Gasteiger partial charge is 0.328 e. The standard InChI is InChI=1S/C13H17ClO2/c1-5-16-13(15)12(14)11-7-6-8(2)9(3)10(11)4/h6-7,12H,5H2,1-4H3. The predicted octanol–water partition coefficient (Wildman–Crippen LogP) is 3.45. The minimum absolute atomic E-state index is 0.353. The lowest BCUT2D eigenvalue weighted by molar-refractivity contribution is -0.142. The lowest BCUT2D eigenvalue weighted by Crippen LogP contribution is -2.12. The van der Waals surface area contributed by atoms with Gasteiger partial charge in [0.1, 0.15) is 0 Å². The van der Waals surface area contributed by atoms with Crippen LogP contribution >= 0.6 is 11.6 Å². The minimum Gasteiger partial charge on any atom is -0.465 e. The van der Waals surface area contributed by atoms with Gasteiger partial charge < -0.3 is 4.74 Å². The number of rotatable bonds is 3. The molecule has 1 aromatic rings. The number of halogens is 1. The van der Waals surface area contributed by atoms with Gasteiger partial charge in [0.2, 0.25) is 0 Å². The highest BCUT2D eigenvalue weighted by molar-refractivity contribution is 6.30. The average Bonchev–Trinajstić information content (AvgIpc) is 2.26. The molecule has 0 amide bonds. The number of aryl methyl sites for hydroxylation is 1. The second-order valence-electron chi connectivity index (χ2n) is 3.84. The summed E-state index contributed by atoms with van der Waals surface area (Å²) in [5.74, 6) is -0.379. The van der Waals surface area contributed by atoms with Crippen molar-refractivity contribution in [3.63, 3.8) is 0 Å². The van der Waals surface area contributed by atoms with Gasteiger partial charge >= 0.3 is 5.97 Å². The van der Waals surface area contributed by atoms with Crippen molar-refractivity contribution in [1.29, 1.82) is 0 Å². The van der Waals surface area contributed by atoms with E-state index in [9.17, 15) is 4.79 Å². The zero-order valence-corrected chi connectivity index (χ0v) is 10.9. The Labute approximate surface area is 102 Å². The van der Waals surface area contributed by atoms with E-state index in [-0.39, 0.29) is 5.97 Å². The van der Waals surface area contributed by atoms with Crippen molar-refractivity contribution in [2.75, 3.05) is 6.61 Å². The zero-order valence-electron chi connectivity index (χ0n) is 10.1. The van der Waals surface area contributed by atoms with Crippen molar-refractivity contribution in [1.82, 2.24) is 0 Å². The molecule has 0 fully saturated rings. The van der Waals surface area contributed by atoms with Gasteiger partial charge in [0, 0.05) is 0 Å². The first-order valence-electron chi connectivity index (χ1n) is 5.36. The van der Waals surface area contributed by atoms with Gasteiger partial charge in [-0.3, -0.25) is 4.79 Å². The van der Waals surface area contributed by atoms with Gasteiger partial charge in [-0.25, -0.2) is 0 Å². The molecule has 0 aliphatic heterocycles. The molecule has 0 bridgehead atoms. The summed E-state index contributed by atoms with van der Waals surface area (Å²) in [7, 11) is 0. The Kier molecular flexibility index (Phi) is 4.36. The summed E-state index contributed by atoms with van der Waals surface area (Å²) in [5.41, 5.74) is 4.28. The van der Waals surface area contributed by atoms with Crippen molar-refractivity contribution in [3.05, 3.63) is 34.4 Å². The molecule has 1 unspecified atom stereocenters. The number of ether oxygens (including phenoxy) is 1. The second-order valence-corrected chi connectivity index (χ2v) is 4.27. The Morgan fingerprint density at radius 3 is 2.50 bits per heavy atom. The maximum absolute atomic E-state index is 11.5. The van der Waals surface area contributed by atoms with Crippen molar-refractivity contribution < 1.29 is 9.53 Å². The summed E-state index contributed by atoms with van der Waals surface area (Å²) < 4.78 is 4.91. The third kappa shape index (κ3) is 2.56. The first kappa shape index (κ1) is 13.0.